The third-order valence-corrected chi connectivity index (χ3v) is 3.51. The molecule has 0 spiro atoms. The Morgan fingerprint density at radius 1 is 1.56 bits per heavy atom. The molecule has 0 atom stereocenters. The molecule has 100 valence electrons. The van der Waals surface area contributed by atoms with Crippen LogP contribution in [0.25, 0.3) is 0 Å². The van der Waals surface area contributed by atoms with Gasteiger partial charge in [-0.15, -0.1) is 0 Å². The molecule has 0 unspecified atom stereocenters. The lowest BCUT2D eigenvalue weighted by molar-refractivity contribution is -0.136. The van der Waals surface area contributed by atoms with Gasteiger partial charge in [-0.05, 0) is 39.8 Å². The summed E-state index contributed by atoms with van der Waals surface area (Å²) < 4.78 is 5.41. The SMILES string of the molecule is CC(C)N1CCC(c2nc(CC(=O)O)co2)CC1. The quantitative estimate of drug-likeness (QED) is 0.886. The summed E-state index contributed by atoms with van der Waals surface area (Å²) in [5.41, 5.74) is 0.517. The molecule has 18 heavy (non-hydrogen) atoms. The highest BCUT2D eigenvalue weighted by molar-refractivity contribution is 5.69. The highest BCUT2D eigenvalue weighted by Crippen LogP contribution is 2.28. The van der Waals surface area contributed by atoms with Crippen LogP contribution in [0.4, 0.5) is 0 Å². The van der Waals surface area contributed by atoms with E-state index < -0.39 is 5.97 Å². The summed E-state index contributed by atoms with van der Waals surface area (Å²) in [7, 11) is 0. The topological polar surface area (TPSA) is 66.6 Å². The summed E-state index contributed by atoms with van der Waals surface area (Å²) in [6, 6.07) is 0.582. The van der Waals surface area contributed by atoms with Crippen molar-refractivity contribution < 1.29 is 14.3 Å². The Balaban J connectivity index is 1.93. The van der Waals surface area contributed by atoms with Crippen LogP contribution in [0.3, 0.4) is 0 Å². The van der Waals surface area contributed by atoms with Gasteiger partial charge in [0.2, 0.25) is 0 Å². The summed E-state index contributed by atoms with van der Waals surface area (Å²) in [6.45, 7) is 6.52. The molecule has 1 aliphatic heterocycles. The van der Waals surface area contributed by atoms with Crippen LogP contribution >= 0.6 is 0 Å². The van der Waals surface area contributed by atoms with Crippen LogP contribution in [0.1, 0.15) is 44.2 Å². The van der Waals surface area contributed by atoms with E-state index in [1.54, 1.807) is 0 Å². The van der Waals surface area contributed by atoms with Gasteiger partial charge in [0.1, 0.15) is 6.26 Å². The van der Waals surface area contributed by atoms with Crippen LogP contribution < -0.4 is 0 Å². The van der Waals surface area contributed by atoms with Crippen LogP contribution in [0, 0.1) is 0 Å². The zero-order valence-corrected chi connectivity index (χ0v) is 10.9. The van der Waals surface area contributed by atoms with Crippen LogP contribution in [0.15, 0.2) is 10.7 Å². The molecule has 0 saturated carbocycles. The smallest absolute Gasteiger partial charge is 0.309 e. The average molecular weight is 252 g/mol. The van der Waals surface area contributed by atoms with Crippen molar-refractivity contribution >= 4 is 5.97 Å². The first kappa shape index (κ1) is 13.1. The molecule has 1 aromatic rings. The Hall–Kier alpha value is -1.36. The number of nitrogens with zero attached hydrogens (tertiary/aromatic N) is 2. The number of oxazole rings is 1. The van der Waals surface area contributed by atoms with E-state index >= 15 is 0 Å². The maximum Gasteiger partial charge on any atom is 0.309 e. The molecule has 5 heteroatoms. The third-order valence-electron chi connectivity index (χ3n) is 3.51. The molecule has 2 heterocycles. The molecule has 1 N–H and O–H groups in total. The maximum absolute atomic E-state index is 10.6. The predicted molar refractivity (Wildman–Crippen MR) is 66.5 cm³/mol. The minimum absolute atomic E-state index is 0.0612. The zero-order valence-electron chi connectivity index (χ0n) is 10.9. The van der Waals surface area contributed by atoms with E-state index in [-0.39, 0.29) is 6.42 Å². The lowest BCUT2D eigenvalue weighted by Gasteiger charge is -2.33. The van der Waals surface area contributed by atoms with Crippen LogP contribution in [0.2, 0.25) is 0 Å². The number of aliphatic carboxylic acids is 1. The van der Waals surface area contributed by atoms with Gasteiger partial charge in [-0.2, -0.15) is 0 Å². The first-order valence-corrected chi connectivity index (χ1v) is 6.46. The highest BCUT2D eigenvalue weighted by atomic mass is 16.4. The fraction of sp³-hybridized carbons (Fsp3) is 0.692. The van der Waals surface area contributed by atoms with E-state index in [1.807, 2.05) is 0 Å². The van der Waals surface area contributed by atoms with Crippen molar-refractivity contribution in [3.63, 3.8) is 0 Å². The number of piperidine rings is 1. The fourth-order valence-corrected chi connectivity index (χ4v) is 2.41. The minimum atomic E-state index is -0.871. The Labute approximate surface area is 107 Å². The molecule has 0 aliphatic carbocycles. The standard InChI is InChI=1S/C13H20N2O3/c1-9(2)15-5-3-10(4-6-15)13-14-11(8-18-13)7-12(16)17/h8-10H,3-7H2,1-2H3,(H,16,17). The van der Waals surface area contributed by atoms with E-state index in [9.17, 15) is 4.79 Å². The largest absolute Gasteiger partial charge is 0.481 e. The van der Waals surface area contributed by atoms with Crippen LogP contribution in [-0.4, -0.2) is 40.1 Å². The molecular formula is C13H20N2O3. The lowest BCUT2D eigenvalue weighted by Crippen LogP contribution is -2.37. The average Bonchev–Trinajstić information content (AvgIpc) is 2.76. The van der Waals surface area contributed by atoms with Gasteiger partial charge >= 0.3 is 5.97 Å². The predicted octanol–water partition coefficient (Wildman–Crippen LogP) is 1.89. The summed E-state index contributed by atoms with van der Waals surface area (Å²) >= 11 is 0. The second kappa shape index (κ2) is 5.52. The van der Waals surface area contributed by atoms with Crippen molar-refractivity contribution in [3.05, 3.63) is 17.8 Å². The number of aromatic nitrogens is 1. The Bertz CT molecular complexity index is 406. The van der Waals surface area contributed by atoms with Crippen molar-refractivity contribution in [3.8, 4) is 0 Å². The summed E-state index contributed by atoms with van der Waals surface area (Å²) in [5.74, 6) is 0.168. The Morgan fingerprint density at radius 2 is 2.22 bits per heavy atom. The van der Waals surface area contributed by atoms with Gasteiger partial charge in [0.05, 0.1) is 12.1 Å². The number of carbonyl (C=O) groups is 1. The number of hydrogen-bond donors (Lipinski definition) is 1. The van der Waals surface area contributed by atoms with E-state index in [0.29, 0.717) is 23.5 Å². The molecular weight excluding hydrogens is 232 g/mol. The van der Waals surface area contributed by atoms with E-state index in [4.69, 9.17) is 9.52 Å². The van der Waals surface area contributed by atoms with Gasteiger partial charge in [0.15, 0.2) is 5.89 Å². The normalized spacial score (nSPS) is 18.4. The van der Waals surface area contributed by atoms with Crippen molar-refractivity contribution in [2.75, 3.05) is 13.1 Å². The highest BCUT2D eigenvalue weighted by Gasteiger charge is 2.25. The maximum atomic E-state index is 10.6. The van der Waals surface area contributed by atoms with Gasteiger partial charge in [-0.1, -0.05) is 0 Å². The van der Waals surface area contributed by atoms with Crippen molar-refractivity contribution in [1.29, 1.82) is 0 Å². The second-order valence-corrected chi connectivity index (χ2v) is 5.15. The Morgan fingerprint density at radius 3 is 2.78 bits per heavy atom. The molecule has 2 rings (SSSR count). The van der Waals surface area contributed by atoms with Gasteiger partial charge in [-0.25, -0.2) is 4.98 Å². The second-order valence-electron chi connectivity index (χ2n) is 5.15. The number of carboxylic acids is 1. The number of likely N-dealkylation sites (tertiary alicyclic amines) is 1. The number of carboxylic acid groups (broad SMARTS) is 1. The summed E-state index contributed by atoms with van der Waals surface area (Å²) in [6.07, 6.45) is 3.48. The van der Waals surface area contributed by atoms with E-state index in [1.165, 1.54) is 6.26 Å². The molecule has 0 bridgehead atoms. The molecule has 1 fully saturated rings. The first-order chi connectivity index (χ1) is 8.56. The molecule has 0 amide bonds. The summed E-state index contributed by atoms with van der Waals surface area (Å²) in [5, 5.41) is 8.69. The molecule has 5 nitrogen and oxygen atoms in total. The van der Waals surface area contributed by atoms with Crippen molar-refractivity contribution in [2.45, 2.75) is 45.1 Å². The third kappa shape index (κ3) is 3.10. The molecule has 1 aromatic heterocycles. The van der Waals surface area contributed by atoms with Crippen molar-refractivity contribution in [1.82, 2.24) is 9.88 Å². The van der Waals surface area contributed by atoms with Gasteiger partial charge in [0.25, 0.3) is 0 Å². The molecule has 1 aliphatic rings. The van der Waals surface area contributed by atoms with Crippen LogP contribution in [0.5, 0.6) is 0 Å². The van der Waals surface area contributed by atoms with Gasteiger partial charge < -0.3 is 14.4 Å². The minimum Gasteiger partial charge on any atom is -0.481 e. The summed E-state index contributed by atoms with van der Waals surface area (Å²) in [4.78, 5) is 17.3. The molecule has 0 radical (unpaired) electrons. The molecule has 1 saturated heterocycles. The van der Waals surface area contributed by atoms with Crippen molar-refractivity contribution in [2.24, 2.45) is 0 Å². The van der Waals surface area contributed by atoms with E-state index in [2.05, 4.69) is 23.7 Å². The number of hydrogen-bond acceptors (Lipinski definition) is 4. The van der Waals surface area contributed by atoms with E-state index in [0.717, 1.165) is 25.9 Å². The monoisotopic (exact) mass is 252 g/mol. The Kier molecular flexibility index (Phi) is 4.01. The number of rotatable bonds is 4. The molecule has 0 aromatic carbocycles. The van der Waals surface area contributed by atoms with Gasteiger partial charge in [-0.3, -0.25) is 4.79 Å². The van der Waals surface area contributed by atoms with Crippen LogP contribution in [-0.2, 0) is 11.2 Å². The fourth-order valence-electron chi connectivity index (χ4n) is 2.41. The van der Waals surface area contributed by atoms with Gasteiger partial charge in [0, 0.05) is 12.0 Å². The lowest BCUT2D eigenvalue weighted by atomic mass is 9.96. The first-order valence-electron chi connectivity index (χ1n) is 6.46. The zero-order chi connectivity index (χ0) is 13.1.